The van der Waals surface area contributed by atoms with Crippen LogP contribution >= 0.6 is 11.6 Å². The number of carbonyl (C=O) groups excluding carboxylic acids is 2. The van der Waals surface area contributed by atoms with Gasteiger partial charge in [0.2, 0.25) is 11.8 Å². The topological polar surface area (TPSA) is 86.7 Å². The Kier molecular flexibility index (Phi) is 4.47. The molecule has 1 saturated heterocycles. The van der Waals surface area contributed by atoms with Crippen molar-refractivity contribution in [3.63, 3.8) is 0 Å². The highest BCUT2D eigenvalue weighted by Crippen LogP contribution is 2.31. The average Bonchev–Trinajstić information content (AvgIpc) is 2.84. The molecule has 0 aromatic heterocycles. The Morgan fingerprint density at radius 1 is 1.43 bits per heavy atom. The zero-order valence-electron chi connectivity index (χ0n) is 11.4. The minimum Gasteiger partial charge on any atom is -0.481 e. The van der Waals surface area contributed by atoms with Gasteiger partial charge in [-0.25, -0.2) is 0 Å². The molecule has 2 amide bonds. The van der Waals surface area contributed by atoms with E-state index in [2.05, 4.69) is 5.32 Å². The molecular formula is C14H15ClN2O4. The predicted molar refractivity (Wildman–Crippen MR) is 78.5 cm³/mol. The summed E-state index contributed by atoms with van der Waals surface area (Å²) in [4.78, 5) is 35.7. The fourth-order valence-electron chi connectivity index (χ4n) is 2.07. The number of nitrogens with zero attached hydrogens (tertiary/aromatic N) is 1. The Balaban J connectivity index is 2.14. The summed E-state index contributed by atoms with van der Waals surface area (Å²) in [7, 11) is 0. The number of nitrogens with one attached hydrogen (secondary N) is 1. The maximum absolute atomic E-state index is 11.7. The molecule has 6 nitrogen and oxygen atoms in total. The third-order valence-electron chi connectivity index (χ3n) is 3.34. The molecule has 1 aliphatic heterocycles. The first kappa shape index (κ1) is 15.3. The standard InChI is InChI=1S/C14H15ClN2O4/c1-8(14(20)21)13(19)16-9-4-5-11(10(15)7-9)17-6-2-3-12(17)18/h4-5,7-8H,2-3,6H2,1H3,(H,16,19)(H,20,21). The van der Waals surface area contributed by atoms with Crippen LogP contribution in [-0.4, -0.2) is 29.4 Å². The summed E-state index contributed by atoms with van der Waals surface area (Å²) in [6.45, 7) is 1.93. The second-order valence-electron chi connectivity index (χ2n) is 4.86. The van der Waals surface area contributed by atoms with Crippen molar-refractivity contribution >= 4 is 40.8 Å². The lowest BCUT2D eigenvalue weighted by molar-refractivity contribution is -0.144. The molecule has 1 aliphatic rings. The third kappa shape index (κ3) is 3.33. The highest BCUT2D eigenvalue weighted by atomic mass is 35.5. The van der Waals surface area contributed by atoms with E-state index in [9.17, 15) is 14.4 Å². The van der Waals surface area contributed by atoms with Crippen molar-refractivity contribution in [2.45, 2.75) is 19.8 Å². The largest absolute Gasteiger partial charge is 0.481 e. The van der Waals surface area contributed by atoms with Crippen LogP contribution in [0.5, 0.6) is 0 Å². The van der Waals surface area contributed by atoms with Crippen molar-refractivity contribution in [1.82, 2.24) is 0 Å². The molecule has 0 radical (unpaired) electrons. The van der Waals surface area contributed by atoms with Gasteiger partial charge >= 0.3 is 5.97 Å². The molecular weight excluding hydrogens is 296 g/mol. The van der Waals surface area contributed by atoms with Gasteiger partial charge in [-0.1, -0.05) is 11.6 Å². The first-order valence-corrected chi connectivity index (χ1v) is 6.91. The molecule has 0 spiro atoms. The van der Waals surface area contributed by atoms with Crippen molar-refractivity contribution in [1.29, 1.82) is 0 Å². The molecule has 7 heteroatoms. The number of rotatable bonds is 4. The fourth-order valence-corrected chi connectivity index (χ4v) is 2.35. The van der Waals surface area contributed by atoms with Crippen LogP contribution < -0.4 is 10.2 Å². The number of carboxylic acids is 1. The van der Waals surface area contributed by atoms with Gasteiger partial charge in [0.25, 0.3) is 0 Å². The molecule has 1 heterocycles. The van der Waals surface area contributed by atoms with Gasteiger partial charge in [-0.15, -0.1) is 0 Å². The molecule has 1 aromatic rings. The first-order valence-electron chi connectivity index (χ1n) is 6.53. The number of amides is 2. The number of halogens is 1. The number of carboxylic acid groups (broad SMARTS) is 1. The summed E-state index contributed by atoms with van der Waals surface area (Å²) in [6, 6.07) is 4.75. The van der Waals surface area contributed by atoms with Gasteiger partial charge < -0.3 is 15.3 Å². The van der Waals surface area contributed by atoms with Crippen molar-refractivity contribution < 1.29 is 19.5 Å². The smallest absolute Gasteiger partial charge is 0.315 e. The van der Waals surface area contributed by atoms with Gasteiger partial charge in [0.1, 0.15) is 5.92 Å². The maximum atomic E-state index is 11.7. The van der Waals surface area contributed by atoms with Crippen molar-refractivity contribution in [3.05, 3.63) is 23.2 Å². The first-order chi connectivity index (χ1) is 9.90. The molecule has 21 heavy (non-hydrogen) atoms. The highest BCUT2D eigenvalue weighted by molar-refractivity contribution is 6.34. The summed E-state index contributed by atoms with van der Waals surface area (Å²) < 4.78 is 0. The van der Waals surface area contributed by atoms with E-state index in [0.29, 0.717) is 29.4 Å². The summed E-state index contributed by atoms with van der Waals surface area (Å²) in [6.07, 6.45) is 1.30. The number of hydrogen-bond donors (Lipinski definition) is 2. The zero-order valence-corrected chi connectivity index (χ0v) is 12.2. The van der Waals surface area contributed by atoms with Gasteiger partial charge in [-0.05, 0) is 31.5 Å². The number of aliphatic carboxylic acids is 1. The fraction of sp³-hybridized carbons (Fsp3) is 0.357. The molecule has 0 saturated carbocycles. The molecule has 1 aromatic carbocycles. The summed E-state index contributed by atoms with van der Waals surface area (Å²) >= 11 is 6.14. The summed E-state index contributed by atoms with van der Waals surface area (Å²) in [5.74, 6) is -2.95. The number of benzene rings is 1. The lowest BCUT2D eigenvalue weighted by Gasteiger charge is -2.18. The van der Waals surface area contributed by atoms with Crippen molar-refractivity contribution in [3.8, 4) is 0 Å². The third-order valence-corrected chi connectivity index (χ3v) is 3.65. The number of carbonyl (C=O) groups is 3. The summed E-state index contributed by atoms with van der Waals surface area (Å²) in [5.41, 5.74) is 0.997. The predicted octanol–water partition coefficient (Wildman–Crippen LogP) is 2.13. The van der Waals surface area contributed by atoms with E-state index in [0.717, 1.165) is 6.42 Å². The SMILES string of the molecule is CC(C(=O)O)C(=O)Nc1ccc(N2CCCC2=O)c(Cl)c1. The molecule has 2 rings (SSSR count). The molecule has 0 aliphatic carbocycles. The van der Waals surface area contributed by atoms with Gasteiger partial charge in [-0.2, -0.15) is 0 Å². The average molecular weight is 311 g/mol. The van der Waals surface area contributed by atoms with E-state index >= 15 is 0 Å². The van der Waals surface area contributed by atoms with Crippen LogP contribution in [0.15, 0.2) is 18.2 Å². The Morgan fingerprint density at radius 3 is 2.67 bits per heavy atom. The highest BCUT2D eigenvalue weighted by Gasteiger charge is 2.24. The summed E-state index contributed by atoms with van der Waals surface area (Å²) in [5, 5.41) is 11.6. The Morgan fingerprint density at radius 2 is 2.14 bits per heavy atom. The van der Waals surface area contributed by atoms with Crippen LogP contribution in [0.1, 0.15) is 19.8 Å². The second-order valence-corrected chi connectivity index (χ2v) is 5.27. The van der Waals surface area contributed by atoms with E-state index in [1.165, 1.54) is 13.0 Å². The minimum absolute atomic E-state index is 0.0215. The maximum Gasteiger partial charge on any atom is 0.315 e. The lowest BCUT2D eigenvalue weighted by Crippen LogP contribution is -2.27. The van der Waals surface area contributed by atoms with Gasteiger partial charge in [-0.3, -0.25) is 14.4 Å². The van der Waals surface area contributed by atoms with Crippen molar-refractivity contribution in [2.24, 2.45) is 5.92 Å². The molecule has 1 unspecified atom stereocenters. The normalized spacial score (nSPS) is 15.9. The van der Waals surface area contributed by atoms with Crippen LogP contribution in [0, 0.1) is 5.92 Å². The molecule has 112 valence electrons. The van der Waals surface area contributed by atoms with Crippen LogP contribution in [-0.2, 0) is 14.4 Å². The minimum atomic E-state index is -1.20. The number of hydrogen-bond acceptors (Lipinski definition) is 3. The zero-order chi connectivity index (χ0) is 15.6. The van der Waals surface area contributed by atoms with Crippen LogP contribution in [0.4, 0.5) is 11.4 Å². The number of anilines is 2. The molecule has 1 atom stereocenters. The van der Waals surface area contributed by atoms with Crippen LogP contribution in [0.25, 0.3) is 0 Å². The van der Waals surface area contributed by atoms with E-state index in [1.807, 2.05) is 0 Å². The van der Waals surface area contributed by atoms with Gasteiger partial charge in [0.15, 0.2) is 0 Å². The molecule has 1 fully saturated rings. The quantitative estimate of drug-likeness (QED) is 0.834. The van der Waals surface area contributed by atoms with E-state index in [-0.39, 0.29) is 5.91 Å². The van der Waals surface area contributed by atoms with Crippen LogP contribution in [0.3, 0.4) is 0 Å². The van der Waals surface area contributed by atoms with Gasteiger partial charge in [0, 0.05) is 18.7 Å². The van der Waals surface area contributed by atoms with Crippen LogP contribution in [0.2, 0.25) is 5.02 Å². The second kappa shape index (κ2) is 6.13. The monoisotopic (exact) mass is 310 g/mol. The molecule has 2 N–H and O–H groups in total. The van der Waals surface area contributed by atoms with E-state index in [4.69, 9.17) is 16.7 Å². The Bertz CT molecular complexity index is 603. The Labute approximate surface area is 126 Å². The van der Waals surface area contributed by atoms with Gasteiger partial charge in [0.05, 0.1) is 10.7 Å². The lowest BCUT2D eigenvalue weighted by atomic mass is 10.1. The molecule has 0 bridgehead atoms. The van der Waals surface area contributed by atoms with E-state index in [1.54, 1.807) is 17.0 Å². The van der Waals surface area contributed by atoms with E-state index < -0.39 is 17.8 Å². The Hall–Kier alpha value is -2.08. The van der Waals surface area contributed by atoms with Crippen molar-refractivity contribution in [2.75, 3.05) is 16.8 Å².